The fraction of sp³-hybridized carbons (Fsp3) is 0.393. The van der Waals surface area contributed by atoms with Crippen LogP contribution in [0.25, 0.3) is 16.9 Å². The molecule has 1 saturated heterocycles. The number of imidazole rings is 1. The summed E-state index contributed by atoms with van der Waals surface area (Å²) in [6, 6.07) is 17.3. The van der Waals surface area contributed by atoms with Crippen LogP contribution >= 0.6 is 0 Å². The first-order valence-electron chi connectivity index (χ1n) is 12.6. The average Bonchev–Trinajstić information content (AvgIpc) is 3.19. The number of nitrogens with one attached hydrogen (secondary N) is 2. The number of amides is 2. The molecule has 1 aliphatic rings. The molecule has 4 rings (SSSR count). The number of carbonyl (C=O) groups excluding carboxylic acids is 2. The molecule has 0 unspecified atom stereocenters. The number of carbonyl (C=O) groups is 2. The van der Waals surface area contributed by atoms with E-state index in [1.807, 2.05) is 80.3 Å². The molecule has 1 aliphatic heterocycles. The van der Waals surface area contributed by atoms with E-state index in [9.17, 15) is 14.4 Å². The average molecular weight is 490 g/mol. The molecule has 8 nitrogen and oxygen atoms in total. The highest BCUT2D eigenvalue weighted by molar-refractivity contribution is 5.99. The topological polar surface area (TPSA) is 88.4 Å². The molecule has 2 amide bonds. The van der Waals surface area contributed by atoms with Gasteiger partial charge in [0.25, 0.3) is 5.91 Å². The Morgan fingerprint density at radius 3 is 2.33 bits per heavy atom. The van der Waals surface area contributed by atoms with Crippen molar-refractivity contribution in [2.24, 2.45) is 5.92 Å². The number of hydrogen-bond donors (Lipinski definition) is 2. The fourth-order valence-electron chi connectivity index (χ4n) is 4.54. The summed E-state index contributed by atoms with van der Waals surface area (Å²) in [6.45, 7) is 9.02. The van der Waals surface area contributed by atoms with Crippen molar-refractivity contribution in [3.8, 4) is 16.9 Å². The molecule has 36 heavy (non-hydrogen) atoms. The van der Waals surface area contributed by atoms with Crippen LogP contribution in [0.2, 0.25) is 0 Å². The Bertz CT molecular complexity index is 1270. The van der Waals surface area contributed by atoms with Crippen LogP contribution in [0.15, 0.2) is 59.4 Å². The maximum atomic E-state index is 14.0. The summed E-state index contributed by atoms with van der Waals surface area (Å²) in [5.74, 6) is -0.280. The minimum Gasteiger partial charge on any atom is -0.356 e. The fourth-order valence-corrected chi connectivity index (χ4v) is 4.54. The van der Waals surface area contributed by atoms with Gasteiger partial charge in [0.15, 0.2) is 0 Å². The molecule has 1 aromatic heterocycles. The number of nitrogens with zero attached hydrogens (tertiary/aromatic N) is 3. The second-order valence-corrected chi connectivity index (χ2v) is 9.46. The van der Waals surface area contributed by atoms with Crippen LogP contribution in [-0.2, 0) is 11.3 Å². The van der Waals surface area contributed by atoms with Gasteiger partial charge in [-0.1, -0.05) is 62.4 Å². The van der Waals surface area contributed by atoms with E-state index in [1.54, 1.807) is 9.13 Å². The van der Waals surface area contributed by atoms with Gasteiger partial charge in [-0.2, -0.15) is 0 Å². The Morgan fingerprint density at radius 2 is 1.67 bits per heavy atom. The molecule has 0 radical (unpaired) electrons. The minimum atomic E-state index is -0.253. The molecule has 0 saturated carbocycles. The Labute approximate surface area is 211 Å². The van der Waals surface area contributed by atoms with Gasteiger partial charge in [0.1, 0.15) is 5.69 Å². The van der Waals surface area contributed by atoms with Gasteiger partial charge in [-0.05, 0) is 25.0 Å². The maximum absolute atomic E-state index is 14.0. The molecule has 8 heteroatoms. The molecule has 3 aromatic rings. The zero-order valence-electron chi connectivity index (χ0n) is 21.3. The van der Waals surface area contributed by atoms with Crippen LogP contribution in [0.4, 0.5) is 0 Å². The van der Waals surface area contributed by atoms with Crippen molar-refractivity contribution in [2.45, 2.75) is 33.7 Å². The Hall–Kier alpha value is -3.65. The largest absolute Gasteiger partial charge is 0.356 e. The highest BCUT2D eigenvalue weighted by atomic mass is 16.2. The summed E-state index contributed by atoms with van der Waals surface area (Å²) in [7, 11) is 0. The first kappa shape index (κ1) is 25.4. The van der Waals surface area contributed by atoms with Gasteiger partial charge in [-0.25, -0.2) is 4.79 Å². The predicted molar refractivity (Wildman–Crippen MR) is 141 cm³/mol. The quantitative estimate of drug-likeness (QED) is 0.477. The summed E-state index contributed by atoms with van der Waals surface area (Å²) in [5.41, 5.74) is 3.25. The van der Waals surface area contributed by atoms with Crippen LogP contribution in [0.1, 0.15) is 36.3 Å². The molecular weight excluding hydrogens is 454 g/mol. The lowest BCUT2D eigenvalue weighted by Crippen LogP contribution is -2.47. The van der Waals surface area contributed by atoms with Gasteiger partial charge in [0.05, 0.1) is 11.4 Å². The molecule has 190 valence electrons. The lowest BCUT2D eigenvalue weighted by molar-refractivity contribution is -0.123. The third-order valence-corrected chi connectivity index (χ3v) is 6.53. The van der Waals surface area contributed by atoms with Crippen LogP contribution in [0.5, 0.6) is 0 Å². The summed E-state index contributed by atoms with van der Waals surface area (Å²) in [5, 5.41) is 6.20. The van der Waals surface area contributed by atoms with Crippen LogP contribution in [0, 0.1) is 12.8 Å². The Balaban J connectivity index is 1.85. The van der Waals surface area contributed by atoms with Crippen LogP contribution in [-0.4, -0.2) is 58.6 Å². The standard InChI is InChI=1S/C28H35N5O3/c1-20(2)26(34)30-14-9-17-32-25(27(35)31-18-15-29-16-19-31)24(22-11-5-4-6-12-22)33(28(32)36)23-13-8-7-10-21(23)3/h4-8,10-13,20,29H,9,14-19H2,1-3H3,(H,30,34). The number of benzene rings is 2. The predicted octanol–water partition coefficient (Wildman–Crippen LogP) is 2.82. The summed E-state index contributed by atoms with van der Waals surface area (Å²) < 4.78 is 3.27. The van der Waals surface area contributed by atoms with Crippen molar-refractivity contribution >= 4 is 11.8 Å². The third-order valence-electron chi connectivity index (χ3n) is 6.53. The summed E-state index contributed by atoms with van der Waals surface area (Å²) in [6.07, 6.45) is 0.534. The normalized spacial score (nSPS) is 13.7. The number of rotatable bonds is 8. The highest BCUT2D eigenvalue weighted by Crippen LogP contribution is 2.29. The third kappa shape index (κ3) is 5.28. The van der Waals surface area contributed by atoms with Gasteiger partial charge in [0.2, 0.25) is 5.91 Å². The Kier molecular flexibility index (Phi) is 8.05. The molecule has 0 spiro atoms. The molecule has 0 atom stereocenters. The molecule has 2 heterocycles. The SMILES string of the molecule is Cc1ccccc1-n1c(-c2ccccc2)c(C(=O)N2CCNCC2)n(CCCNC(=O)C(C)C)c1=O. The van der Waals surface area contributed by atoms with E-state index in [1.165, 1.54) is 0 Å². The van der Waals surface area contributed by atoms with Crippen molar-refractivity contribution in [1.82, 2.24) is 24.7 Å². The number of aromatic nitrogens is 2. The van der Waals surface area contributed by atoms with E-state index in [2.05, 4.69) is 10.6 Å². The second kappa shape index (κ2) is 11.4. The van der Waals surface area contributed by atoms with E-state index >= 15 is 0 Å². The molecule has 0 bridgehead atoms. The van der Waals surface area contributed by atoms with Gasteiger partial charge in [-0.15, -0.1) is 0 Å². The molecule has 2 N–H and O–H groups in total. The van der Waals surface area contributed by atoms with Crippen LogP contribution in [0.3, 0.4) is 0 Å². The maximum Gasteiger partial charge on any atom is 0.333 e. The second-order valence-electron chi connectivity index (χ2n) is 9.46. The van der Waals surface area contributed by atoms with E-state index in [0.717, 1.165) is 29.9 Å². The minimum absolute atomic E-state index is 0.0260. The van der Waals surface area contributed by atoms with Crippen molar-refractivity contribution in [3.05, 3.63) is 76.3 Å². The van der Waals surface area contributed by atoms with Crippen molar-refractivity contribution in [2.75, 3.05) is 32.7 Å². The van der Waals surface area contributed by atoms with E-state index in [-0.39, 0.29) is 23.4 Å². The monoisotopic (exact) mass is 489 g/mol. The van der Waals surface area contributed by atoms with Gasteiger partial charge < -0.3 is 15.5 Å². The van der Waals surface area contributed by atoms with Crippen LogP contribution < -0.4 is 16.3 Å². The van der Waals surface area contributed by atoms with E-state index in [0.29, 0.717) is 44.0 Å². The van der Waals surface area contributed by atoms with Crippen molar-refractivity contribution in [1.29, 1.82) is 0 Å². The number of piperazine rings is 1. The number of para-hydroxylation sites is 1. The number of hydrogen-bond acceptors (Lipinski definition) is 4. The highest BCUT2D eigenvalue weighted by Gasteiger charge is 2.31. The van der Waals surface area contributed by atoms with Crippen molar-refractivity contribution in [3.63, 3.8) is 0 Å². The summed E-state index contributed by atoms with van der Waals surface area (Å²) in [4.78, 5) is 41.8. The van der Waals surface area contributed by atoms with Gasteiger partial charge >= 0.3 is 5.69 Å². The zero-order chi connectivity index (χ0) is 25.7. The van der Waals surface area contributed by atoms with E-state index < -0.39 is 0 Å². The molecule has 1 fully saturated rings. The van der Waals surface area contributed by atoms with Gasteiger partial charge in [0, 0.05) is 50.7 Å². The molecular formula is C28H35N5O3. The summed E-state index contributed by atoms with van der Waals surface area (Å²) >= 11 is 0. The van der Waals surface area contributed by atoms with E-state index in [4.69, 9.17) is 0 Å². The lowest BCUT2D eigenvalue weighted by Gasteiger charge is -2.28. The molecule has 0 aliphatic carbocycles. The van der Waals surface area contributed by atoms with Crippen molar-refractivity contribution < 1.29 is 9.59 Å². The Morgan fingerprint density at radius 1 is 1.00 bits per heavy atom. The smallest absolute Gasteiger partial charge is 0.333 e. The first-order valence-corrected chi connectivity index (χ1v) is 12.6. The lowest BCUT2D eigenvalue weighted by atomic mass is 10.1. The first-order chi connectivity index (χ1) is 17.4. The number of aryl methyl sites for hydroxylation is 1. The molecule has 2 aromatic carbocycles. The zero-order valence-corrected chi connectivity index (χ0v) is 21.3. The van der Waals surface area contributed by atoms with Gasteiger partial charge in [-0.3, -0.25) is 18.7 Å².